The number of nitrogens with zero attached hydrogens (tertiary/aromatic N) is 1. The van der Waals surface area contributed by atoms with Crippen molar-refractivity contribution < 1.29 is 17.2 Å². The van der Waals surface area contributed by atoms with E-state index in [2.05, 4.69) is 0 Å². The molecule has 4 N–H and O–H groups in total. The molecular formula is C14H23F2N3O2S. The average Bonchev–Trinajstić information content (AvgIpc) is 2.43. The van der Waals surface area contributed by atoms with Crippen LogP contribution in [0, 0.1) is 6.92 Å². The summed E-state index contributed by atoms with van der Waals surface area (Å²) in [6.45, 7) is 0.899. The normalized spacial score (nSPS) is 12.8. The summed E-state index contributed by atoms with van der Waals surface area (Å²) >= 11 is 0. The van der Waals surface area contributed by atoms with Gasteiger partial charge in [-0.3, -0.25) is 0 Å². The van der Waals surface area contributed by atoms with Crippen molar-refractivity contribution in [2.24, 2.45) is 11.5 Å². The molecule has 1 aromatic carbocycles. The maximum atomic E-state index is 13.8. The molecule has 5 nitrogen and oxygen atoms in total. The number of aryl methyl sites for hydroxylation is 1. The van der Waals surface area contributed by atoms with Crippen LogP contribution in [0.3, 0.4) is 0 Å². The summed E-state index contributed by atoms with van der Waals surface area (Å²) in [6.07, 6.45) is -0.251. The quantitative estimate of drug-likeness (QED) is 0.712. The first kappa shape index (κ1) is 19.0. The fraction of sp³-hybridized carbons (Fsp3) is 0.571. The lowest BCUT2D eigenvalue weighted by Crippen LogP contribution is -2.42. The summed E-state index contributed by atoms with van der Waals surface area (Å²) < 4.78 is 53.5. The smallest absolute Gasteiger partial charge is 0.262 e. The van der Waals surface area contributed by atoms with Gasteiger partial charge < -0.3 is 11.5 Å². The van der Waals surface area contributed by atoms with Gasteiger partial charge in [0.1, 0.15) is 0 Å². The van der Waals surface area contributed by atoms with Gasteiger partial charge in [-0.1, -0.05) is 17.7 Å². The number of hydrogen-bond donors (Lipinski definition) is 2. The Morgan fingerprint density at radius 2 is 1.73 bits per heavy atom. The van der Waals surface area contributed by atoms with Crippen molar-refractivity contribution in [3.05, 3.63) is 29.8 Å². The minimum Gasteiger partial charge on any atom is -0.330 e. The summed E-state index contributed by atoms with van der Waals surface area (Å²) in [7, 11) is -3.98. The van der Waals surface area contributed by atoms with Gasteiger partial charge in [0.15, 0.2) is 0 Å². The highest BCUT2D eigenvalue weighted by Crippen LogP contribution is 2.24. The molecule has 22 heavy (non-hydrogen) atoms. The molecule has 0 saturated heterocycles. The van der Waals surface area contributed by atoms with E-state index in [1.54, 1.807) is 12.1 Å². The van der Waals surface area contributed by atoms with E-state index in [4.69, 9.17) is 11.5 Å². The standard InChI is InChI=1S/C14H23F2N3O2S/c1-12-3-5-13(6-4-12)22(20,21)19(10-2-8-17)11-14(15,16)7-9-18/h3-6H,2,7-11,17-18H2,1H3. The van der Waals surface area contributed by atoms with Gasteiger partial charge in [0, 0.05) is 13.0 Å². The summed E-state index contributed by atoms with van der Waals surface area (Å²) in [5.74, 6) is -3.17. The summed E-state index contributed by atoms with van der Waals surface area (Å²) in [6, 6.07) is 6.10. The molecule has 0 aliphatic carbocycles. The molecule has 1 rings (SSSR count). The predicted octanol–water partition coefficient (Wildman–Crippen LogP) is 1.32. The monoisotopic (exact) mass is 335 g/mol. The number of hydrogen-bond acceptors (Lipinski definition) is 4. The van der Waals surface area contributed by atoms with Crippen molar-refractivity contribution in [1.29, 1.82) is 0 Å². The minimum absolute atomic E-state index is 0.00123. The van der Waals surface area contributed by atoms with Gasteiger partial charge in [0.25, 0.3) is 5.92 Å². The van der Waals surface area contributed by atoms with Crippen LogP contribution in [0.4, 0.5) is 8.78 Å². The second kappa shape index (κ2) is 7.96. The van der Waals surface area contributed by atoms with Crippen molar-refractivity contribution >= 4 is 10.0 Å². The van der Waals surface area contributed by atoms with Crippen LogP contribution in [0.25, 0.3) is 0 Å². The van der Waals surface area contributed by atoms with Crippen molar-refractivity contribution in [3.63, 3.8) is 0 Å². The molecule has 0 atom stereocenters. The molecule has 0 saturated carbocycles. The van der Waals surface area contributed by atoms with Crippen molar-refractivity contribution in [2.45, 2.75) is 30.6 Å². The molecule has 0 aliphatic heterocycles. The van der Waals surface area contributed by atoms with Gasteiger partial charge in [-0.25, -0.2) is 17.2 Å². The molecule has 1 aromatic rings. The first-order valence-electron chi connectivity index (χ1n) is 7.08. The Morgan fingerprint density at radius 3 is 2.23 bits per heavy atom. The number of rotatable bonds is 9. The van der Waals surface area contributed by atoms with Crippen LogP contribution in [-0.4, -0.2) is 44.8 Å². The molecule has 0 fully saturated rings. The Balaban J connectivity index is 3.06. The average molecular weight is 335 g/mol. The fourth-order valence-electron chi connectivity index (χ4n) is 1.96. The topological polar surface area (TPSA) is 89.4 Å². The van der Waals surface area contributed by atoms with E-state index < -0.39 is 28.9 Å². The molecular weight excluding hydrogens is 312 g/mol. The van der Waals surface area contributed by atoms with Crippen LogP contribution < -0.4 is 11.5 Å². The molecule has 0 unspecified atom stereocenters. The SMILES string of the molecule is Cc1ccc(S(=O)(=O)N(CCCN)CC(F)(F)CCN)cc1. The number of alkyl halides is 2. The Kier molecular flexibility index (Phi) is 6.86. The van der Waals surface area contributed by atoms with Gasteiger partial charge >= 0.3 is 0 Å². The summed E-state index contributed by atoms with van der Waals surface area (Å²) in [5, 5.41) is 0. The second-order valence-corrected chi connectivity index (χ2v) is 7.13. The van der Waals surface area contributed by atoms with Crippen LogP contribution in [0.5, 0.6) is 0 Å². The Labute approximate surface area is 130 Å². The molecule has 8 heteroatoms. The maximum Gasteiger partial charge on any atom is 0.262 e. The van der Waals surface area contributed by atoms with Crippen LogP contribution in [0.15, 0.2) is 29.2 Å². The minimum atomic E-state index is -3.98. The van der Waals surface area contributed by atoms with Gasteiger partial charge in [-0.15, -0.1) is 0 Å². The van der Waals surface area contributed by atoms with Gasteiger partial charge in [-0.2, -0.15) is 4.31 Å². The zero-order chi connectivity index (χ0) is 16.8. The number of benzene rings is 1. The Bertz CT molecular complexity index is 562. The number of sulfonamides is 1. The van der Waals surface area contributed by atoms with E-state index in [1.807, 2.05) is 6.92 Å². The molecule has 0 heterocycles. The lowest BCUT2D eigenvalue weighted by Gasteiger charge is -2.26. The maximum absolute atomic E-state index is 13.8. The zero-order valence-corrected chi connectivity index (χ0v) is 13.5. The highest BCUT2D eigenvalue weighted by atomic mass is 32.2. The third-order valence-corrected chi connectivity index (χ3v) is 5.05. The zero-order valence-electron chi connectivity index (χ0n) is 12.6. The highest BCUT2D eigenvalue weighted by molar-refractivity contribution is 7.89. The van der Waals surface area contributed by atoms with Crippen molar-refractivity contribution in [3.8, 4) is 0 Å². The first-order chi connectivity index (χ1) is 10.2. The number of nitrogens with two attached hydrogens (primary N) is 2. The van der Waals surface area contributed by atoms with E-state index in [1.165, 1.54) is 12.1 Å². The molecule has 0 aliphatic rings. The Hall–Kier alpha value is -1.09. The van der Waals surface area contributed by atoms with Gasteiger partial charge in [0.2, 0.25) is 10.0 Å². The van der Waals surface area contributed by atoms with E-state index >= 15 is 0 Å². The molecule has 0 bridgehead atoms. The summed E-state index contributed by atoms with van der Waals surface area (Å²) in [5.41, 5.74) is 11.4. The van der Waals surface area contributed by atoms with Crippen LogP contribution in [0.1, 0.15) is 18.4 Å². The van der Waals surface area contributed by atoms with Crippen LogP contribution in [-0.2, 0) is 10.0 Å². The lowest BCUT2D eigenvalue weighted by atomic mass is 10.2. The largest absolute Gasteiger partial charge is 0.330 e. The Morgan fingerprint density at radius 1 is 1.14 bits per heavy atom. The highest BCUT2D eigenvalue weighted by Gasteiger charge is 2.36. The molecule has 0 spiro atoms. The van der Waals surface area contributed by atoms with Crippen LogP contribution in [0.2, 0.25) is 0 Å². The van der Waals surface area contributed by atoms with Crippen LogP contribution >= 0.6 is 0 Å². The van der Waals surface area contributed by atoms with E-state index in [0.29, 0.717) is 6.42 Å². The number of halogens is 2. The van der Waals surface area contributed by atoms with Gasteiger partial charge in [0.05, 0.1) is 11.4 Å². The molecule has 0 radical (unpaired) electrons. The fourth-order valence-corrected chi connectivity index (χ4v) is 3.47. The van der Waals surface area contributed by atoms with E-state index in [0.717, 1.165) is 9.87 Å². The van der Waals surface area contributed by atoms with Gasteiger partial charge in [-0.05, 0) is 38.6 Å². The lowest BCUT2D eigenvalue weighted by molar-refractivity contribution is -0.0206. The third kappa shape index (κ3) is 5.28. The van der Waals surface area contributed by atoms with E-state index in [9.17, 15) is 17.2 Å². The first-order valence-corrected chi connectivity index (χ1v) is 8.52. The van der Waals surface area contributed by atoms with Crippen molar-refractivity contribution in [1.82, 2.24) is 4.31 Å². The third-order valence-electron chi connectivity index (χ3n) is 3.19. The summed E-state index contributed by atoms with van der Waals surface area (Å²) in [4.78, 5) is -0.00123. The molecule has 0 amide bonds. The predicted molar refractivity (Wildman–Crippen MR) is 82.2 cm³/mol. The molecule has 0 aromatic heterocycles. The van der Waals surface area contributed by atoms with Crippen molar-refractivity contribution in [2.75, 3.05) is 26.2 Å². The molecule has 126 valence electrons. The second-order valence-electron chi connectivity index (χ2n) is 5.19. The van der Waals surface area contributed by atoms with E-state index in [-0.39, 0.29) is 24.5 Å².